The summed E-state index contributed by atoms with van der Waals surface area (Å²) in [5.41, 5.74) is 2.71. The van der Waals surface area contributed by atoms with Crippen molar-refractivity contribution in [2.24, 2.45) is 5.92 Å². The van der Waals surface area contributed by atoms with Crippen molar-refractivity contribution in [3.05, 3.63) is 29.3 Å². The van der Waals surface area contributed by atoms with E-state index < -0.39 is 0 Å². The Morgan fingerprint density at radius 3 is 2.70 bits per heavy atom. The summed E-state index contributed by atoms with van der Waals surface area (Å²) in [4.78, 5) is 26.2. The maximum Gasteiger partial charge on any atom is 0.227 e. The van der Waals surface area contributed by atoms with Crippen molar-refractivity contribution in [1.29, 1.82) is 0 Å². The monoisotopic (exact) mass is 333 g/mol. The predicted octanol–water partition coefficient (Wildman–Crippen LogP) is 4.36. The Morgan fingerprint density at radius 1 is 1.17 bits per heavy atom. The summed E-state index contributed by atoms with van der Waals surface area (Å²) in [6.45, 7) is 0.733. The highest BCUT2D eigenvalue weighted by Gasteiger charge is 2.26. The number of carbonyl (C=O) groups excluding carboxylic acids is 2. The number of carbonyl (C=O) groups is 2. The van der Waals surface area contributed by atoms with Crippen LogP contribution in [0.5, 0.6) is 0 Å². The standard InChI is InChI=1S/C19H24ClNO2/c20-13-18(22)16-7-8-17-15(12-16)10-11-21(17)19(23)9-6-14-4-2-1-3-5-14/h7-8,12,14H,1-6,9-11,13H2. The number of Topliss-reactive ketones (excluding diaryl/α,β-unsaturated/α-hetero) is 1. The minimum absolute atomic E-state index is 0.00280. The molecule has 1 amide bonds. The molecule has 0 N–H and O–H groups in total. The van der Waals surface area contributed by atoms with Gasteiger partial charge in [0.25, 0.3) is 0 Å². The number of anilines is 1. The zero-order valence-electron chi connectivity index (χ0n) is 13.5. The molecule has 0 saturated heterocycles. The number of hydrogen-bond acceptors (Lipinski definition) is 2. The number of nitrogens with zero attached hydrogens (tertiary/aromatic N) is 1. The highest BCUT2D eigenvalue weighted by Crippen LogP contribution is 2.31. The first-order valence-electron chi connectivity index (χ1n) is 8.71. The van der Waals surface area contributed by atoms with Crippen molar-refractivity contribution in [3.8, 4) is 0 Å². The third-order valence-electron chi connectivity index (χ3n) is 5.21. The van der Waals surface area contributed by atoms with Gasteiger partial charge in [-0.15, -0.1) is 11.6 Å². The van der Waals surface area contributed by atoms with E-state index in [1.54, 1.807) is 6.07 Å². The number of halogens is 1. The zero-order valence-corrected chi connectivity index (χ0v) is 14.3. The summed E-state index contributed by atoms with van der Waals surface area (Å²) in [7, 11) is 0. The van der Waals surface area contributed by atoms with E-state index >= 15 is 0 Å². The van der Waals surface area contributed by atoms with Crippen LogP contribution >= 0.6 is 11.6 Å². The first-order valence-corrected chi connectivity index (χ1v) is 9.25. The number of hydrogen-bond donors (Lipinski definition) is 0. The van der Waals surface area contributed by atoms with Gasteiger partial charge in [-0.1, -0.05) is 32.1 Å². The van der Waals surface area contributed by atoms with Crippen molar-refractivity contribution in [1.82, 2.24) is 0 Å². The summed E-state index contributed by atoms with van der Waals surface area (Å²) in [5, 5.41) is 0. The van der Waals surface area contributed by atoms with Crippen molar-refractivity contribution in [3.63, 3.8) is 0 Å². The quantitative estimate of drug-likeness (QED) is 0.593. The molecule has 3 rings (SSSR count). The summed E-state index contributed by atoms with van der Waals surface area (Å²) in [5.74, 6) is 0.906. The molecule has 4 heteroatoms. The molecule has 1 aromatic carbocycles. The summed E-state index contributed by atoms with van der Waals surface area (Å²) in [6.07, 6.45) is 9.06. The average molecular weight is 334 g/mol. The molecule has 0 aromatic heterocycles. The number of benzene rings is 1. The summed E-state index contributed by atoms with van der Waals surface area (Å²) in [6, 6.07) is 5.59. The molecule has 1 fully saturated rings. The van der Waals surface area contributed by atoms with Crippen LogP contribution in [0, 0.1) is 5.92 Å². The van der Waals surface area contributed by atoms with Crippen LogP contribution in [0.2, 0.25) is 0 Å². The molecule has 124 valence electrons. The highest BCUT2D eigenvalue weighted by molar-refractivity contribution is 6.30. The second-order valence-corrected chi connectivity index (χ2v) is 7.01. The molecule has 1 heterocycles. The van der Waals surface area contributed by atoms with Crippen LogP contribution in [-0.2, 0) is 11.2 Å². The van der Waals surface area contributed by atoms with Gasteiger partial charge in [0, 0.05) is 24.2 Å². The Morgan fingerprint density at radius 2 is 1.96 bits per heavy atom. The van der Waals surface area contributed by atoms with E-state index in [2.05, 4.69) is 0 Å². The van der Waals surface area contributed by atoms with Crippen LogP contribution in [0.25, 0.3) is 0 Å². The molecule has 0 radical (unpaired) electrons. The van der Waals surface area contributed by atoms with Gasteiger partial charge in [-0.25, -0.2) is 0 Å². The molecule has 1 aliphatic heterocycles. The van der Waals surface area contributed by atoms with Crippen LogP contribution < -0.4 is 4.90 Å². The largest absolute Gasteiger partial charge is 0.312 e. The predicted molar refractivity (Wildman–Crippen MR) is 93.4 cm³/mol. The Bertz CT molecular complexity index is 593. The summed E-state index contributed by atoms with van der Waals surface area (Å²) < 4.78 is 0. The second-order valence-electron chi connectivity index (χ2n) is 6.74. The first kappa shape index (κ1) is 16.5. The lowest BCUT2D eigenvalue weighted by molar-refractivity contribution is -0.118. The topological polar surface area (TPSA) is 37.4 Å². The molecule has 0 atom stereocenters. The number of rotatable bonds is 5. The maximum absolute atomic E-state index is 12.6. The number of amides is 1. The van der Waals surface area contributed by atoms with Gasteiger partial charge < -0.3 is 4.90 Å². The van der Waals surface area contributed by atoms with E-state index in [4.69, 9.17) is 11.6 Å². The molecule has 0 unspecified atom stereocenters. The molecular formula is C19H24ClNO2. The van der Waals surface area contributed by atoms with Crippen molar-refractivity contribution in [2.45, 2.75) is 51.4 Å². The lowest BCUT2D eigenvalue weighted by Crippen LogP contribution is -2.29. The molecule has 1 saturated carbocycles. The van der Waals surface area contributed by atoms with Crippen LogP contribution in [0.3, 0.4) is 0 Å². The molecule has 0 spiro atoms. The molecule has 23 heavy (non-hydrogen) atoms. The minimum atomic E-state index is -0.0588. The highest BCUT2D eigenvalue weighted by atomic mass is 35.5. The zero-order chi connectivity index (χ0) is 16.2. The summed E-state index contributed by atoms with van der Waals surface area (Å²) >= 11 is 5.62. The van der Waals surface area contributed by atoms with E-state index in [0.717, 1.165) is 36.6 Å². The lowest BCUT2D eigenvalue weighted by Gasteiger charge is -2.23. The van der Waals surface area contributed by atoms with Crippen LogP contribution in [0.15, 0.2) is 18.2 Å². The number of fused-ring (bicyclic) bond motifs is 1. The fraction of sp³-hybridized carbons (Fsp3) is 0.579. The second kappa shape index (κ2) is 7.48. The van der Waals surface area contributed by atoms with Crippen molar-refractivity contribution < 1.29 is 9.59 Å². The fourth-order valence-corrected chi connectivity index (χ4v) is 4.00. The van der Waals surface area contributed by atoms with Gasteiger partial charge in [0.15, 0.2) is 5.78 Å². The smallest absolute Gasteiger partial charge is 0.227 e. The van der Waals surface area contributed by atoms with E-state index in [0.29, 0.717) is 12.0 Å². The molecule has 2 aliphatic rings. The van der Waals surface area contributed by atoms with Gasteiger partial charge in [0.2, 0.25) is 5.91 Å². The molecule has 1 aliphatic carbocycles. The van der Waals surface area contributed by atoms with Gasteiger partial charge in [-0.05, 0) is 42.5 Å². The number of alkyl halides is 1. The minimum Gasteiger partial charge on any atom is -0.312 e. The van der Waals surface area contributed by atoms with Crippen LogP contribution in [0.4, 0.5) is 5.69 Å². The van der Waals surface area contributed by atoms with Gasteiger partial charge >= 0.3 is 0 Å². The third-order valence-corrected chi connectivity index (χ3v) is 5.45. The fourth-order valence-electron chi connectivity index (χ4n) is 3.85. The van der Waals surface area contributed by atoms with E-state index in [-0.39, 0.29) is 17.6 Å². The van der Waals surface area contributed by atoms with Crippen molar-refractivity contribution >= 4 is 29.0 Å². The average Bonchev–Trinajstić information content (AvgIpc) is 3.03. The van der Waals surface area contributed by atoms with Crippen molar-refractivity contribution in [2.75, 3.05) is 17.3 Å². The van der Waals surface area contributed by atoms with Gasteiger partial charge in [-0.3, -0.25) is 9.59 Å². The molecule has 1 aromatic rings. The molecular weight excluding hydrogens is 310 g/mol. The van der Waals surface area contributed by atoms with Crippen LogP contribution in [0.1, 0.15) is 60.9 Å². The Hall–Kier alpha value is -1.35. The van der Waals surface area contributed by atoms with E-state index in [1.807, 2.05) is 17.0 Å². The van der Waals surface area contributed by atoms with Gasteiger partial charge in [-0.2, -0.15) is 0 Å². The Balaban J connectivity index is 1.62. The van der Waals surface area contributed by atoms with Gasteiger partial charge in [0.1, 0.15) is 0 Å². The third kappa shape index (κ3) is 3.77. The van der Waals surface area contributed by atoms with Crippen LogP contribution in [-0.4, -0.2) is 24.1 Å². The SMILES string of the molecule is O=C(CCl)c1ccc2c(c1)CCN2C(=O)CCC1CCCCC1. The molecule has 0 bridgehead atoms. The lowest BCUT2D eigenvalue weighted by atomic mass is 9.86. The first-order chi connectivity index (χ1) is 11.2. The normalized spacial score (nSPS) is 18.0. The van der Waals surface area contributed by atoms with E-state index in [1.165, 1.54) is 32.1 Å². The Labute approximate surface area is 143 Å². The van der Waals surface area contributed by atoms with E-state index in [9.17, 15) is 9.59 Å². The molecule has 3 nitrogen and oxygen atoms in total. The van der Waals surface area contributed by atoms with Gasteiger partial charge in [0.05, 0.1) is 5.88 Å². The Kier molecular flexibility index (Phi) is 5.37. The maximum atomic E-state index is 12.6. The number of ketones is 1.